The molecule has 0 aliphatic carbocycles. The van der Waals surface area contributed by atoms with Crippen molar-refractivity contribution in [2.45, 2.75) is 19.8 Å². The van der Waals surface area contributed by atoms with Gasteiger partial charge >= 0.3 is 0 Å². The monoisotopic (exact) mass is 564 g/mol. The zero-order chi connectivity index (χ0) is 23.6. The third-order valence-electron chi connectivity index (χ3n) is 5.16. The van der Waals surface area contributed by atoms with Crippen LogP contribution < -0.4 is 14.2 Å². The zero-order valence-electron chi connectivity index (χ0n) is 18.7. The van der Waals surface area contributed by atoms with Gasteiger partial charge in [-0.15, -0.1) is 0 Å². The molecule has 0 bridgehead atoms. The Morgan fingerprint density at radius 3 is 1.35 bits per heavy atom. The minimum absolute atomic E-state index is 0.00401. The van der Waals surface area contributed by atoms with E-state index in [2.05, 4.69) is 22.6 Å². The van der Waals surface area contributed by atoms with Crippen LogP contribution in [0.5, 0.6) is 17.2 Å². The van der Waals surface area contributed by atoms with Gasteiger partial charge in [0.25, 0.3) is 0 Å². The van der Waals surface area contributed by atoms with E-state index in [0.717, 1.165) is 16.7 Å². The number of ketones is 1. The maximum atomic E-state index is 12.6. The van der Waals surface area contributed by atoms with E-state index in [1.165, 1.54) is 0 Å². The molecule has 0 spiro atoms. The number of benzene rings is 4. The van der Waals surface area contributed by atoms with E-state index in [1.807, 2.05) is 91.0 Å². The van der Waals surface area contributed by atoms with Crippen LogP contribution in [0.3, 0.4) is 0 Å². The summed E-state index contributed by atoms with van der Waals surface area (Å²) in [6, 6.07) is 33.2. The van der Waals surface area contributed by atoms with Gasteiger partial charge in [0.2, 0.25) is 5.75 Å². The first kappa shape index (κ1) is 23.8. The molecule has 4 nitrogen and oxygen atoms in total. The van der Waals surface area contributed by atoms with Gasteiger partial charge in [0.05, 0.1) is 4.43 Å². The predicted octanol–water partition coefficient (Wildman–Crippen LogP) is 7.04. The maximum absolute atomic E-state index is 12.6. The van der Waals surface area contributed by atoms with Crippen molar-refractivity contribution in [3.05, 3.63) is 125 Å². The normalized spacial score (nSPS) is 10.5. The SMILES string of the molecule is O=C(CI)c1cc(OCc2ccccc2)c(OCc2ccccc2)c(OCc2ccccc2)c1. The maximum Gasteiger partial charge on any atom is 0.203 e. The van der Waals surface area contributed by atoms with Gasteiger partial charge < -0.3 is 14.2 Å². The molecule has 0 aromatic heterocycles. The second-order valence-electron chi connectivity index (χ2n) is 7.68. The molecule has 0 amide bonds. The predicted molar refractivity (Wildman–Crippen MR) is 142 cm³/mol. The summed E-state index contributed by atoms with van der Waals surface area (Å²) in [6.07, 6.45) is 0. The van der Waals surface area contributed by atoms with Gasteiger partial charge in [-0.3, -0.25) is 4.79 Å². The minimum atomic E-state index is 0.00401. The van der Waals surface area contributed by atoms with Gasteiger partial charge in [-0.25, -0.2) is 0 Å². The molecule has 0 unspecified atom stereocenters. The standard InChI is InChI=1S/C29H25IO4/c30-18-26(31)25-16-27(32-19-22-10-4-1-5-11-22)29(34-21-24-14-8-3-9-15-24)28(17-25)33-20-23-12-6-2-7-13-23/h1-17H,18-21H2. The summed E-state index contributed by atoms with van der Waals surface area (Å²) in [7, 11) is 0. The lowest BCUT2D eigenvalue weighted by atomic mass is 10.1. The zero-order valence-corrected chi connectivity index (χ0v) is 20.8. The third-order valence-corrected chi connectivity index (χ3v) is 5.86. The lowest BCUT2D eigenvalue weighted by molar-refractivity contribution is 0.102. The first-order valence-electron chi connectivity index (χ1n) is 11.0. The molecule has 0 aliphatic rings. The Bertz CT molecular complexity index is 1130. The Kier molecular flexibility index (Phi) is 8.57. The summed E-state index contributed by atoms with van der Waals surface area (Å²) in [5.74, 6) is 1.46. The van der Waals surface area contributed by atoms with E-state index in [9.17, 15) is 4.79 Å². The molecule has 0 saturated carbocycles. The topological polar surface area (TPSA) is 44.8 Å². The van der Waals surface area contributed by atoms with Gasteiger partial charge in [-0.1, -0.05) is 114 Å². The van der Waals surface area contributed by atoms with E-state index >= 15 is 0 Å². The number of Topliss-reactive ketones (excluding diaryl/α,β-unsaturated/α-hetero) is 1. The molecular formula is C29H25IO4. The van der Waals surface area contributed by atoms with Crippen molar-refractivity contribution < 1.29 is 19.0 Å². The highest BCUT2D eigenvalue weighted by Gasteiger charge is 2.19. The van der Waals surface area contributed by atoms with Gasteiger partial charge in [0.1, 0.15) is 19.8 Å². The third kappa shape index (κ3) is 6.60. The Labute approximate surface area is 213 Å². The van der Waals surface area contributed by atoms with E-state index < -0.39 is 0 Å². The van der Waals surface area contributed by atoms with Crippen LogP contribution in [0.15, 0.2) is 103 Å². The molecule has 0 atom stereocenters. The van der Waals surface area contributed by atoms with Crippen LogP contribution in [0.2, 0.25) is 0 Å². The smallest absolute Gasteiger partial charge is 0.203 e. The van der Waals surface area contributed by atoms with Crippen molar-refractivity contribution in [2.24, 2.45) is 0 Å². The second kappa shape index (κ2) is 12.2. The first-order valence-corrected chi connectivity index (χ1v) is 12.5. The number of carbonyl (C=O) groups excluding carboxylic acids is 1. The summed E-state index contributed by atoms with van der Waals surface area (Å²) >= 11 is 2.07. The second-order valence-corrected chi connectivity index (χ2v) is 8.44. The number of carbonyl (C=O) groups is 1. The molecule has 4 aromatic rings. The highest BCUT2D eigenvalue weighted by molar-refractivity contribution is 14.1. The van der Waals surface area contributed by atoms with E-state index in [1.54, 1.807) is 12.1 Å². The average Bonchev–Trinajstić information content (AvgIpc) is 2.91. The Hall–Kier alpha value is -3.32. The van der Waals surface area contributed by atoms with Crippen LogP contribution >= 0.6 is 22.6 Å². The number of hydrogen-bond donors (Lipinski definition) is 0. The van der Waals surface area contributed by atoms with Crippen LogP contribution in [0.1, 0.15) is 27.0 Å². The Morgan fingerprint density at radius 1 is 0.588 bits per heavy atom. The number of alkyl halides is 1. The summed E-state index contributed by atoms with van der Waals surface area (Å²) in [5.41, 5.74) is 3.60. The van der Waals surface area contributed by atoms with Crippen molar-refractivity contribution in [1.82, 2.24) is 0 Å². The molecule has 0 heterocycles. The fourth-order valence-corrected chi connectivity index (χ4v) is 3.81. The van der Waals surface area contributed by atoms with Crippen molar-refractivity contribution in [2.75, 3.05) is 4.43 Å². The highest BCUT2D eigenvalue weighted by Crippen LogP contribution is 2.40. The van der Waals surface area contributed by atoms with Crippen molar-refractivity contribution in [3.8, 4) is 17.2 Å². The highest BCUT2D eigenvalue weighted by atomic mass is 127. The molecule has 34 heavy (non-hydrogen) atoms. The summed E-state index contributed by atoms with van der Waals surface area (Å²) in [4.78, 5) is 12.6. The van der Waals surface area contributed by atoms with Crippen LogP contribution in [0.25, 0.3) is 0 Å². The van der Waals surface area contributed by atoms with Gasteiger partial charge in [-0.2, -0.15) is 0 Å². The van der Waals surface area contributed by atoms with E-state index in [-0.39, 0.29) is 5.78 Å². The molecule has 4 rings (SSSR count). The van der Waals surface area contributed by atoms with Gasteiger partial charge in [0.15, 0.2) is 17.3 Å². The molecule has 0 N–H and O–H groups in total. The van der Waals surface area contributed by atoms with Crippen molar-refractivity contribution >= 4 is 28.4 Å². The molecule has 0 radical (unpaired) electrons. The molecule has 0 saturated heterocycles. The first-order chi connectivity index (χ1) is 16.7. The molecule has 0 fully saturated rings. The largest absolute Gasteiger partial charge is 0.485 e. The van der Waals surface area contributed by atoms with Gasteiger partial charge in [-0.05, 0) is 28.8 Å². The van der Waals surface area contributed by atoms with Crippen LogP contribution in [0, 0.1) is 0 Å². The summed E-state index contributed by atoms with van der Waals surface area (Å²) in [6.45, 7) is 1.05. The fraction of sp³-hybridized carbons (Fsp3) is 0.138. The van der Waals surface area contributed by atoms with E-state index in [4.69, 9.17) is 14.2 Å². The lowest BCUT2D eigenvalue weighted by Gasteiger charge is -2.19. The number of halogens is 1. The summed E-state index contributed by atoms with van der Waals surface area (Å²) in [5, 5.41) is 0. The van der Waals surface area contributed by atoms with Crippen molar-refractivity contribution in [3.63, 3.8) is 0 Å². The fourth-order valence-electron chi connectivity index (χ4n) is 3.37. The van der Waals surface area contributed by atoms with Gasteiger partial charge in [0, 0.05) is 5.56 Å². The van der Waals surface area contributed by atoms with Crippen LogP contribution in [-0.2, 0) is 19.8 Å². The molecule has 0 aliphatic heterocycles. The Balaban J connectivity index is 1.67. The molecule has 4 aromatic carbocycles. The quantitative estimate of drug-likeness (QED) is 0.111. The van der Waals surface area contributed by atoms with E-state index in [0.29, 0.717) is 47.1 Å². The molecule has 5 heteroatoms. The number of hydrogen-bond acceptors (Lipinski definition) is 4. The van der Waals surface area contributed by atoms with Crippen LogP contribution in [0.4, 0.5) is 0 Å². The molecule has 172 valence electrons. The minimum Gasteiger partial charge on any atom is -0.485 e. The van der Waals surface area contributed by atoms with Crippen molar-refractivity contribution in [1.29, 1.82) is 0 Å². The summed E-state index contributed by atoms with van der Waals surface area (Å²) < 4.78 is 19.0. The average molecular weight is 564 g/mol. The van der Waals surface area contributed by atoms with Crippen LogP contribution in [-0.4, -0.2) is 10.2 Å². The molecular weight excluding hydrogens is 539 g/mol. The lowest BCUT2D eigenvalue weighted by Crippen LogP contribution is -2.07. The number of ether oxygens (including phenoxy) is 3. The number of rotatable bonds is 11. The Morgan fingerprint density at radius 2 is 0.971 bits per heavy atom.